The molecule has 1 aliphatic heterocycles. The number of aliphatic imine (C=N–C) groups is 1. The number of carbonyl (C=O) groups excluding carboxylic acids is 1. The first-order valence-electron chi connectivity index (χ1n) is 10.8. The summed E-state index contributed by atoms with van der Waals surface area (Å²) in [5.74, 6) is 0.465. The van der Waals surface area contributed by atoms with E-state index >= 15 is 0 Å². The van der Waals surface area contributed by atoms with Crippen LogP contribution in [0.1, 0.15) is 48.4 Å². The molecule has 7 heteroatoms. The predicted molar refractivity (Wildman–Crippen MR) is 121 cm³/mol. The number of hydrogen-bond acceptors (Lipinski definition) is 3. The van der Waals surface area contributed by atoms with Crippen molar-refractivity contribution in [3.05, 3.63) is 71.0 Å². The highest BCUT2D eigenvalue weighted by atomic mass is 19.1. The lowest BCUT2D eigenvalue weighted by molar-refractivity contribution is -0.0605. The third-order valence-electron chi connectivity index (χ3n) is 5.07. The van der Waals surface area contributed by atoms with Crippen molar-refractivity contribution in [1.82, 2.24) is 15.5 Å². The van der Waals surface area contributed by atoms with Crippen molar-refractivity contribution in [3.8, 4) is 0 Å². The molecule has 1 saturated heterocycles. The molecule has 1 amide bonds. The van der Waals surface area contributed by atoms with Gasteiger partial charge in [-0.3, -0.25) is 4.79 Å². The molecule has 2 atom stereocenters. The van der Waals surface area contributed by atoms with Gasteiger partial charge < -0.3 is 20.3 Å². The summed E-state index contributed by atoms with van der Waals surface area (Å²) in [5, 5.41) is 6.18. The maximum Gasteiger partial charge on any atom is 0.251 e. The van der Waals surface area contributed by atoms with E-state index in [4.69, 9.17) is 9.73 Å². The molecule has 166 valence electrons. The first-order chi connectivity index (χ1) is 15.0. The average Bonchev–Trinajstić information content (AvgIpc) is 2.77. The van der Waals surface area contributed by atoms with Crippen molar-refractivity contribution in [3.63, 3.8) is 0 Å². The molecule has 2 N–H and O–H groups in total. The van der Waals surface area contributed by atoms with Crippen LogP contribution in [0.15, 0.2) is 53.5 Å². The topological polar surface area (TPSA) is 66.0 Å². The number of nitrogens with zero attached hydrogens (tertiary/aromatic N) is 2. The number of guanidine groups is 1. The second-order valence-electron chi connectivity index (χ2n) is 7.62. The van der Waals surface area contributed by atoms with Gasteiger partial charge in [-0.25, -0.2) is 9.38 Å². The molecular formula is C24H31FN4O2. The van der Waals surface area contributed by atoms with Crippen LogP contribution in [-0.4, -0.2) is 49.0 Å². The molecule has 0 aromatic heterocycles. The Morgan fingerprint density at radius 3 is 2.58 bits per heavy atom. The Kier molecular flexibility index (Phi) is 8.00. The predicted octanol–water partition coefficient (Wildman–Crippen LogP) is 3.50. The lowest BCUT2D eigenvalue weighted by Gasteiger charge is -2.38. The van der Waals surface area contributed by atoms with E-state index in [1.54, 1.807) is 18.2 Å². The van der Waals surface area contributed by atoms with Gasteiger partial charge in [0.05, 0.1) is 19.2 Å². The summed E-state index contributed by atoms with van der Waals surface area (Å²) in [7, 11) is 0. The van der Waals surface area contributed by atoms with Crippen LogP contribution in [0.5, 0.6) is 0 Å². The van der Waals surface area contributed by atoms with E-state index < -0.39 is 0 Å². The van der Waals surface area contributed by atoms with Crippen molar-refractivity contribution in [2.24, 2.45) is 4.99 Å². The van der Waals surface area contributed by atoms with Gasteiger partial charge in [-0.15, -0.1) is 0 Å². The van der Waals surface area contributed by atoms with E-state index in [9.17, 15) is 9.18 Å². The Bertz CT molecular complexity index is 901. The number of nitrogens with one attached hydrogen (secondary N) is 2. The first-order valence-corrected chi connectivity index (χ1v) is 10.8. The van der Waals surface area contributed by atoms with E-state index in [0.717, 1.165) is 23.6 Å². The lowest BCUT2D eigenvalue weighted by atomic mass is 10.1. The fraction of sp³-hybridized carbons (Fsp3) is 0.417. The summed E-state index contributed by atoms with van der Waals surface area (Å²) in [6.07, 6.45) is -0.150. The second kappa shape index (κ2) is 10.9. The van der Waals surface area contributed by atoms with Crippen LogP contribution in [0.25, 0.3) is 0 Å². The van der Waals surface area contributed by atoms with Gasteiger partial charge in [0, 0.05) is 25.2 Å². The van der Waals surface area contributed by atoms with Crippen molar-refractivity contribution in [2.45, 2.75) is 39.5 Å². The minimum Gasteiger partial charge on any atom is -0.367 e. The summed E-state index contributed by atoms with van der Waals surface area (Å²) in [6, 6.07) is 14.0. The Morgan fingerprint density at radius 2 is 1.87 bits per heavy atom. The van der Waals surface area contributed by atoms with Gasteiger partial charge in [0.15, 0.2) is 5.96 Å². The Balaban J connectivity index is 1.75. The standard InChI is InChI=1S/C24H31FN4O2/c1-4-26-23(30)20-8-6-7-18(13-20)14-28-24(27-5-2)29-15-17(3)31-22(16-29)19-9-11-21(25)12-10-19/h6-13,17,22H,4-5,14-16H2,1-3H3,(H,26,30)(H,27,28). The molecule has 3 rings (SSSR count). The summed E-state index contributed by atoms with van der Waals surface area (Å²) in [6.45, 7) is 9.10. The third kappa shape index (κ3) is 6.28. The number of carbonyl (C=O) groups is 1. The van der Waals surface area contributed by atoms with Crippen molar-refractivity contribution < 1.29 is 13.9 Å². The molecule has 0 aliphatic carbocycles. The van der Waals surface area contributed by atoms with Crippen LogP contribution in [0.2, 0.25) is 0 Å². The van der Waals surface area contributed by atoms with Crippen LogP contribution >= 0.6 is 0 Å². The molecule has 0 radical (unpaired) electrons. The van der Waals surface area contributed by atoms with Crippen LogP contribution in [-0.2, 0) is 11.3 Å². The van der Waals surface area contributed by atoms with Crippen molar-refractivity contribution in [2.75, 3.05) is 26.2 Å². The van der Waals surface area contributed by atoms with Gasteiger partial charge >= 0.3 is 0 Å². The number of halogens is 1. The molecule has 2 aromatic carbocycles. The summed E-state index contributed by atoms with van der Waals surface area (Å²) in [4.78, 5) is 19.1. The van der Waals surface area contributed by atoms with E-state index in [0.29, 0.717) is 31.7 Å². The quantitative estimate of drug-likeness (QED) is 0.548. The molecule has 0 bridgehead atoms. The highest BCUT2D eigenvalue weighted by Gasteiger charge is 2.28. The zero-order chi connectivity index (χ0) is 22.2. The monoisotopic (exact) mass is 426 g/mol. The fourth-order valence-corrected chi connectivity index (χ4v) is 3.65. The number of amides is 1. The van der Waals surface area contributed by atoms with Crippen molar-refractivity contribution in [1.29, 1.82) is 0 Å². The SMILES string of the molecule is CCNC(=O)c1cccc(CN=C(NCC)N2CC(C)OC(c3ccc(F)cc3)C2)c1. The molecule has 1 aliphatic rings. The Labute approximate surface area is 183 Å². The Morgan fingerprint density at radius 1 is 1.13 bits per heavy atom. The molecule has 2 unspecified atom stereocenters. The van der Waals surface area contributed by atoms with Crippen molar-refractivity contribution >= 4 is 11.9 Å². The Hall–Kier alpha value is -2.93. The molecule has 1 fully saturated rings. The molecule has 1 heterocycles. The van der Waals surface area contributed by atoms with E-state index in [1.807, 2.05) is 39.0 Å². The van der Waals surface area contributed by atoms with Crippen LogP contribution in [0.3, 0.4) is 0 Å². The number of hydrogen-bond donors (Lipinski definition) is 2. The highest BCUT2D eigenvalue weighted by molar-refractivity contribution is 5.94. The zero-order valence-electron chi connectivity index (χ0n) is 18.4. The molecular weight excluding hydrogens is 395 g/mol. The summed E-state index contributed by atoms with van der Waals surface area (Å²) >= 11 is 0. The number of rotatable bonds is 6. The first kappa shape index (κ1) is 22.7. The van der Waals surface area contributed by atoms with Gasteiger partial charge in [-0.2, -0.15) is 0 Å². The van der Waals surface area contributed by atoms with Gasteiger partial charge in [0.2, 0.25) is 0 Å². The highest BCUT2D eigenvalue weighted by Crippen LogP contribution is 2.25. The minimum absolute atomic E-state index is 0.00808. The number of ether oxygens (including phenoxy) is 1. The van der Waals surface area contributed by atoms with Crippen LogP contribution < -0.4 is 10.6 Å². The maximum atomic E-state index is 13.3. The molecule has 2 aromatic rings. The molecule has 0 spiro atoms. The minimum atomic E-state index is -0.255. The lowest BCUT2D eigenvalue weighted by Crippen LogP contribution is -2.50. The smallest absolute Gasteiger partial charge is 0.251 e. The van der Waals surface area contributed by atoms with E-state index in [1.165, 1.54) is 12.1 Å². The van der Waals surface area contributed by atoms with Gasteiger partial charge in [-0.1, -0.05) is 24.3 Å². The average molecular weight is 427 g/mol. The molecule has 6 nitrogen and oxygen atoms in total. The van der Waals surface area contributed by atoms with E-state index in [-0.39, 0.29) is 23.9 Å². The maximum absolute atomic E-state index is 13.3. The summed E-state index contributed by atoms with van der Waals surface area (Å²) in [5.41, 5.74) is 2.55. The van der Waals surface area contributed by atoms with Crippen LogP contribution in [0.4, 0.5) is 4.39 Å². The fourth-order valence-electron chi connectivity index (χ4n) is 3.65. The van der Waals surface area contributed by atoms with Gasteiger partial charge in [0.25, 0.3) is 5.91 Å². The van der Waals surface area contributed by atoms with Gasteiger partial charge in [0.1, 0.15) is 11.9 Å². The van der Waals surface area contributed by atoms with E-state index in [2.05, 4.69) is 15.5 Å². The zero-order valence-corrected chi connectivity index (χ0v) is 18.4. The van der Waals surface area contributed by atoms with Gasteiger partial charge in [-0.05, 0) is 56.2 Å². The van der Waals surface area contributed by atoms with Crippen LogP contribution in [0, 0.1) is 5.82 Å². The molecule has 0 saturated carbocycles. The second-order valence-corrected chi connectivity index (χ2v) is 7.62. The summed E-state index contributed by atoms with van der Waals surface area (Å²) < 4.78 is 19.4. The normalized spacial score (nSPS) is 19.2. The number of benzene rings is 2. The largest absolute Gasteiger partial charge is 0.367 e. The number of morpholine rings is 1. The third-order valence-corrected chi connectivity index (χ3v) is 5.07. The molecule has 31 heavy (non-hydrogen) atoms.